The van der Waals surface area contributed by atoms with Crippen LogP contribution in [-0.2, 0) is 0 Å². The molecule has 0 aromatic heterocycles. The van der Waals surface area contributed by atoms with Gasteiger partial charge in [0.25, 0.3) is 0 Å². The lowest BCUT2D eigenvalue weighted by Gasteiger charge is -2.33. The van der Waals surface area contributed by atoms with E-state index in [0.717, 1.165) is 18.4 Å². The summed E-state index contributed by atoms with van der Waals surface area (Å²) in [5.41, 5.74) is 8.34. The lowest BCUT2D eigenvalue weighted by molar-refractivity contribution is 0.318. The Labute approximate surface area is 96.2 Å². The van der Waals surface area contributed by atoms with Gasteiger partial charge in [0, 0.05) is 6.04 Å². The van der Waals surface area contributed by atoms with Gasteiger partial charge in [-0.25, -0.2) is 4.39 Å². The molecule has 0 fully saturated rings. The molecule has 0 saturated carbocycles. The molecule has 16 heavy (non-hydrogen) atoms. The van der Waals surface area contributed by atoms with Gasteiger partial charge in [0.05, 0.1) is 0 Å². The molecule has 0 saturated heterocycles. The SMILES string of the molecule is CC1(C)CC(c2cccc(F)c2)=CC(N)C1. The molecule has 2 heteroatoms. The molecule has 1 aromatic rings. The van der Waals surface area contributed by atoms with Crippen LogP contribution in [0.25, 0.3) is 5.57 Å². The van der Waals surface area contributed by atoms with Gasteiger partial charge in [-0.15, -0.1) is 0 Å². The van der Waals surface area contributed by atoms with Crippen LogP contribution in [0, 0.1) is 11.2 Å². The van der Waals surface area contributed by atoms with Crippen LogP contribution < -0.4 is 5.73 Å². The van der Waals surface area contributed by atoms with Crippen LogP contribution in [0.5, 0.6) is 0 Å². The average Bonchev–Trinajstić information content (AvgIpc) is 2.14. The molecule has 1 atom stereocenters. The van der Waals surface area contributed by atoms with E-state index in [2.05, 4.69) is 19.9 Å². The highest BCUT2D eigenvalue weighted by Crippen LogP contribution is 2.38. The normalized spacial score (nSPS) is 24.0. The van der Waals surface area contributed by atoms with Crippen molar-refractivity contribution in [2.75, 3.05) is 0 Å². The van der Waals surface area contributed by atoms with E-state index in [1.807, 2.05) is 6.07 Å². The summed E-state index contributed by atoms with van der Waals surface area (Å²) in [5.74, 6) is -0.185. The molecule has 1 nitrogen and oxygen atoms in total. The molecule has 0 aliphatic heterocycles. The van der Waals surface area contributed by atoms with Crippen molar-refractivity contribution in [2.45, 2.75) is 32.7 Å². The van der Waals surface area contributed by atoms with Gasteiger partial charge in [0.1, 0.15) is 5.82 Å². The summed E-state index contributed by atoms with van der Waals surface area (Å²) in [6.45, 7) is 4.41. The Bertz CT molecular complexity index is 420. The molecule has 1 aromatic carbocycles. The fourth-order valence-electron chi connectivity index (χ4n) is 2.49. The average molecular weight is 219 g/mol. The number of hydrogen-bond donors (Lipinski definition) is 1. The van der Waals surface area contributed by atoms with Crippen molar-refractivity contribution in [3.05, 3.63) is 41.7 Å². The van der Waals surface area contributed by atoms with E-state index in [1.165, 1.54) is 11.6 Å². The van der Waals surface area contributed by atoms with Crippen molar-refractivity contribution in [2.24, 2.45) is 11.1 Å². The van der Waals surface area contributed by atoms with Crippen LogP contribution >= 0.6 is 0 Å². The highest BCUT2D eigenvalue weighted by atomic mass is 19.1. The minimum Gasteiger partial charge on any atom is -0.324 e. The number of rotatable bonds is 1. The van der Waals surface area contributed by atoms with Crippen molar-refractivity contribution >= 4 is 5.57 Å². The molecule has 1 aliphatic rings. The van der Waals surface area contributed by atoms with Gasteiger partial charge in [-0.05, 0) is 41.5 Å². The van der Waals surface area contributed by atoms with E-state index in [9.17, 15) is 4.39 Å². The zero-order valence-corrected chi connectivity index (χ0v) is 9.83. The number of hydrogen-bond acceptors (Lipinski definition) is 1. The third-order valence-corrected chi connectivity index (χ3v) is 3.07. The van der Waals surface area contributed by atoms with Gasteiger partial charge in [-0.2, -0.15) is 0 Å². The van der Waals surface area contributed by atoms with Crippen LogP contribution in [0.3, 0.4) is 0 Å². The predicted molar refractivity (Wildman–Crippen MR) is 65.4 cm³/mol. The van der Waals surface area contributed by atoms with Crippen LogP contribution in [0.1, 0.15) is 32.3 Å². The molecule has 2 rings (SSSR count). The van der Waals surface area contributed by atoms with Gasteiger partial charge in [-0.1, -0.05) is 32.1 Å². The first kappa shape index (κ1) is 11.3. The molecule has 0 amide bonds. The number of halogens is 1. The first-order valence-electron chi connectivity index (χ1n) is 5.68. The highest BCUT2D eigenvalue weighted by molar-refractivity contribution is 5.67. The fourth-order valence-corrected chi connectivity index (χ4v) is 2.49. The lowest BCUT2D eigenvalue weighted by atomic mass is 9.74. The van der Waals surface area contributed by atoms with Gasteiger partial charge < -0.3 is 5.73 Å². The standard InChI is InChI=1S/C14H18FN/c1-14(2)8-11(7-13(16)9-14)10-4-3-5-12(15)6-10/h3-7,13H,8-9,16H2,1-2H3. The number of benzene rings is 1. The number of allylic oxidation sites excluding steroid dienone is 1. The maximum Gasteiger partial charge on any atom is 0.123 e. The second-order valence-electron chi connectivity index (χ2n) is 5.41. The summed E-state index contributed by atoms with van der Waals surface area (Å²) >= 11 is 0. The zero-order valence-electron chi connectivity index (χ0n) is 9.83. The first-order valence-corrected chi connectivity index (χ1v) is 5.68. The van der Waals surface area contributed by atoms with Crippen molar-refractivity contribution in [1.82, 2.24) is 0 Å². The van der Waals surface area contributed by atoms with E-state index >= 15 is 0 Å². The van der Waals surface area contributed by atoms with Crippen molar-refractivity contribution < 1.29 is 4.39 Å². The van der Waals surface area contributed by atoms with Gasteiger partial charge in [0.2, 0.25) is 0 Å². The quantitative estimate of drug-likeness (QED) is 0.770. The molecule has 86 valence electrons. The molecular weight excluding hydrogens is 201 g/mol. The lowest BCUT2D eigenvalue weighted by Crippen LogP contribution is -2.30. The zero-order chi connectivity index (χ0) is 11.8. The summed E-state index contributed by atoms with van der Waals surface area (Å²) in [6.07, 6.45) is 4.02. The van der Waals surface area contributed by atoms with E-state index in [0.29, 0.717) is 0 Å². The van der Waals surface area contributed by atoms with Crippen LogP contribution in [0.4, 0.5) is 4.39 Å². The minimum atomic E-state index is -0.185. The monoisotopic (exact) mass is 219 g/mol. The fraction of sp³-hybridized carbons (Fsp3) is 0.429. The summed E-state index contributed by atoms with van der Waals surface area (Å²) < 4.78 is 13.2. The Balaban J connectivity index is 2.34. The van der Waals surface area contributed by atoms with Crippen molar-refractivity contribution in [1.29, 1.82) is 0 Å². The van der Waals surface area contributed by atoms with E-state index in [1.54, 1.807) is 12.1 Å². The Kier molecular flexibility index (Phi) is 2.85. The first-order chi connectivity index (χ1) is 7.46. The Morgan fingerprint density at radius 2 is 2.12 bits per heavy atom. The summed E-state index contributed by atoms with van der Waals surface area (Å²) in [6, 6.07) is 6.83. The summed E-state index contributed by atoms with van der Waals surface area (Å²) in [5, 5.41) is 0. The van der Waals surface area contributed by atoms with Gasteiger partial charge in [0.15, 0.2) is 0 Å². The molecular formula is C14H18FN. The summed E-state index contributed by atoms with van der Waals surface area (Å²) in [4.78, 5) is 0. The molecule has 0 bridgehead atoms. The second kappa shape index (κ2) is 4.02. The largest absolute Gasteiger partial charge is 0.324 e. The maximum atomic E-state index is 13.2. The van der Waals surface area contributed by atoms with Crippen LogP contribution in [0.15, 0.2) is 30.3 Å². The van der Waals surface area contributed by atoms with E-state index < -0.39 is 0 Å². The maximum absolute atomic E-state index is 13.2. The van der Waals surface area contributed by atoms with E-state index in [-0.39, 0.29) is 17.3 Å². The Hall–Kier alpha value is -1.15. The van der Waals surface area contributed by atoms with Gasteiger partial charge >= 0.3 is 0 Å². The van der Waals surface area contributed by atoms with Gasteiger partial charge in [-0.3, -0.25) is 0 Å². The third kappa shape index (κ3) is 2.50. The van der Waals surface area contributed by atoms with Crippen molar-refractivity contribution in [3.8, 4) is 0 Å². The number of nitrogens with two attached hydrogens (primary N) is 1. The van der Waals surface area contributed by atoms with Crippen LogP contribution in [0.2, 0.25) is 0 Å². The predicted octanol–water partition coefficient (Wildman–Crippen LogP) is 3.36. The smallest absolute Gasteiger partial charge is 0.123 e. The molecule has 1 unspecified atom stereocenters. The van der Waals surface area contributed by atoms with Crippen LogP contribution in [-0.4, -0.2) is 6.04 Å². The molecule has 0 radical (unpaired) electrons. The Morgan fingerprint density at radius 3 is 2.75 bits per heavy atom. The highest BCUT2D eigenvalue weighted by Gasteiger charge is 2.27. The van der Waals surface area contributed by atoms with Crippen molar-refractivity contribution in [3.63, 3.8) is 0 Å². The molecule has 2 N–H and O–H groups in total. The molecule has 0 heterocycles. The van der Waals surface area contributed by atoms with E-state index in [4.69, 9.17) is 5.73 Å². The topological polar surface area (TPSA) is 26.0 Å². The summed E-state index contributed by atoms with van der Waals surface area (Å²) in [7, 11) is 0. The molecule has 0 spiro atoms. The minimum absolute atomic E-state index is 0.0852. The Morgan fingerprint density at radius 1 is 1.38 bits per heavy atom. The third-order valence-electron chi connectivity index (χ3n) is 3.07. The second-order valence-corrected chi connectivity index (χ2v) is 5.41. The molecule has 1 aliphatic carbocycles.